The summed E-state index contributed by atoms with van der Waals surface area (Å²) in [6.45, 7) is 1.38. The Bertz CT molecular complexity index is 952. The third-order valence-electron chi connectivity index (χ3n) is 3.91. The molecule has 0 unspecified atom stereocenters. The average Bonchev–Trinajstić information content (AvgIpc) is 2.68. The molecule has 0 fully saturated rings. The van der Waals surface area contributed by atoms with Gasteiger partial charge in [0.25, 0.3) is 5.69 Å². The Morgan fingerprint density at radius 1 is 0.963 bits per heavy atom. The number of ether oxygens (including phenoxy) is 2. The summed E-state index contributed by atoms with van der Waals surface area (Å²) in [6, 6.07) is 21.2. The lowest BCUT2D eigenvalue weighted by Crippen LogP contribution is -2.18. The SMILES string of the molecule is Cc1cc([N+](=O)[O-])ccc1OCC(=O)Oc1ccc(-c2ccccc2)cc1. The number of carbonyl (C=O) groups is 1. The summed E-state index contributed by atoms with van der Waals surface area (Å²) < 4.78 is 10.7. The van der Waals surface area contributed by atoms with Gasteiger partial charge in [-0.25, -0.2) is 4.79 Å². The van der Waals surface area contributed by atoms with Crippen LogP contribution < -0.4 is 9.47 Å². The number of nitro benzene ring substituents is 1. The molecule has 0 saturated heterocycles. The van der Waals surface area contributed by atoms with Crippen LogP contribution in [0.4, 0.5) is 5.69 Å². The summed E-state index contributed by atoms with van der Waals surface area (Å²) in [4.78, 5) is 22.2. The summed E-state index contributed by atoms with van der Waals surface area (Å²) in [7, 11) is 0. The Balaban J connectivity index is 1.57. The van der Waals surface area contributed by atoms with Crippen molar-refractivity contribution in [2.45, 2.75) is 6.92 Å². The van der Waals surface area contributed by atoms with Gasteiger partial charge in [0.1, 0.15) is 11.5 Å². The number of non-ortho nitro benzene ring substituents is 1. The van der Waals surface area contributed by atoms with Gasteiger partial charge in [0.2, 0.25) is 0 Å². The molecule has 0 aliphatic heterocycles. The predicted molar refractivity (Wildman–Crippen MR) is 101 cm³/mol. The first-order chi connectivity index (χ1) is 13.0. The Labute approximate surface area is 156 Å². The van der Waals surface area contributed by atoms with Crippen LogP contribution in [0.3, 0.4) is 0 Å². The molecule has 3 aromatic rings. The smallest absolute Gasteiger partial charge is 0.349 e. The number of hydrogen-bond acceptors (Lipinski definition) is 5. The zero-order valence-electron chi connectivity index (χ0n) is 14.6. The number of hydrogen-bond donors (Lipinski definition) is 0. The molecule has 27 heavy (non-hydrogen) atoms. The average molecular weight is 363 g/mol. The molecule has 3 rings (SSSR count). The van der Waals surface area contributed by atoms with Gasteiger partial charge in [-0.3, -0.25) is 10.1 Å². The minimum absolute atomic E-state index is 0.0269. The van der Waals surface area contributed by atoms with Gasteiger partial charge < -0.3 is 9.47 Å². The lowest BCUT2D eigenvalue weighted by atomic mass is 10.1. The second-order valence-corrected chi connectivity index (χ2v) is 5.86. The van der Waals surface area contributed by atoms with Crippen molar-refractivity contribution in [2.24, 2.45) is 0 Å². The molecule has 0 bridgehead atoms. The molecule has 0 aliphatic rings. The fraction of sp³-hybridized carbons (Fsp3) is 0.0952. The van der Waals surface area contributed by atoms with Crippen molar-refractivity contribution < 1.29 is 19.2 Å². The van der Waals surface area contributed by atoms with Gasteiger partial charge in [-0.2, -0.15) is 0 Å². The zero-order valence-corrected chi connectivity index (χ0v) is 14.6. The minimum atomic E-state index is -0.555. The van der Waals surface area contributed by atoms with Crippen molar-refractivity contribution in [3.8, 4) is 22.6 Å². The zero-order chi connectivity index (χ0) is 19.2. The molecule has 0 heterocycles. The highest BCUT2D eigenvalue weighted by Gasteiger charge is 2.11. The third kappa shape index (κ3) is 4.70. The van der Waals surface area contributed by atoms with Gasteiger partial charge in [0.05, 0.1) is 4.92 Å². The summed E-state index contributed by atoms with van der Waals surface area (Å²) in [5.41, 5.74) is 2.64. The Morgan fingerprint density at radius 3 is 2.26 bits per heavy atom. The molecule has 6 heteroatoms. The number of rotatable bonds is 6. The number of carbonyl (C=O) groups excluding carboxylic acids is 1. The molecule has 3 aromatic carbocycles. The Morgan fingerprint density at radius 2 is 1.63 bits per heavy atom. The number of aryl methyl sites for hydroxylation is 1. The molecular formula is C21H17NO5. The highest BCUT2D eigenvalue weighted by Crippen LogP contribution is 2.24. The minimum Gasteiger partial charge on any atom is -0.482 e. The van der Waals surface area contributed by atoms with Crippen LogP contribution in [-0.2, 0) is 4.79 Å². The first-order valence-corrected chi connectivity index (χ1v) is 8.27. The van der Waals surface area contributed by atoms with E-state index in [1.807, 2.05) is 42.5 Å². The Kier molecular flexibility index (Phi) is 5.47. The Hall–Kier alpha value is -3.67. The van der Waals surface area contributed by atoms with E-state index in [2.05, 4.69) is 0 Å². The van der Waals surface area contributed by atoms with E-state index in [1.54, 1.807) is 19.1 Å². The molecule has 0 radical (unpaired) electrons. The van der Waals surface area contributed by atoms with E-state index in [0.717, 1.165) is 11.1 Å². The predicted octanol–water partition coefficient (Wildman–Crippen LogP) is 4.55. The third-order valence-corrected chi connectivity index (χ3v) is 3.91. The first-order valence-electron chi connectivity index (χ1n) is 8.27. The van der Waals surface area contributed by atoms with Crippen molar-refractivity contribution in [3.63, 3.8) is 0 Å². The van der Waals surface area contributed by atoms with Crippen LogP contribution in [0.15, 0.2) is 72.8 Å². The lowest BCUT2D eigenvalue weighted by Gasteiger charge is -2.09. The van der Waals surface area contributed by atoms with Gasteiger partial charge in [-0.1, -0.05) is 42.5 Å². The van der Waals surface area contributed by atoms with Crippen LogP contribution in [0.5, 0.6) is 11.5 Å². The van der Waals surface area contributed by atoms with Crippen LogP contribution in [-0.4, -0.2) is 17.5 Å². The van der Waals surface area contributed by atoms with E-state index in [4.69, 9.17) is 9.47 Å². The van der Waals surface area contributed by atoms with Gasteiger partial charge in [0.15, 0.2) is 6.61 Å². The molecule has 0 atom stereocenters. The van der Waals surface area contributed by atoms with E-state index in [0.29, 0.717) is 17.1 Å². The molecule has 0 aromatic heterocycles. The monoisotopic (exact) mass is 363 g/mol. The van der Waals surface area contributed by atoms with E-state index in [-0.39, 0.29) is 12.3 Å². The molecule has 0 amide bonds. The normalized spacial score (nSPS) is 10.3. The standard InChI is InChI=1S/C21H17NO5/c1-15-13-18(22(24)25)9-12-20(15)26-14-21(23)27-19-10-7-17(8-11-19)16-5-3-2-4-6-16/h2-13H,14H2,1H3. The number of benzene rings is 3. The maximum Gasteiger partial charge on any atom is 0.349 e. The highest BCUT2D eigenvalue weighted by molar-refractivity contribution is 5.74. The quantitative estimate of drug-likeness (QED) is 0.278. The molecular weight excluding hydrogens is 346 g/mol. The topological polar surface area (TPSA) is 78.7 Å². The van der Waals surface area contributed by atoms with E-state index < -0.39 is 10.9 Å². The van der Waals surface area contributed by atoms with Crippen LogP contribution in [0.1, 0.15) is 5.56 Å². The van der Waals surface area contributed by atoms with Gasteiger partial charge in [-0.15, -0.1) is 0 Å². The molecule has 0 aliphatic carbocycles. The summed E-state index contributed by atoms with van der Waals surface area (Å²) in [6.07, 6.45) is 0. The fourth-order valence-electron chi connectivity index (χ4n) is 2.55. The van der Waals surface area contributed by atoms with Crippen LogP contribution in [0, 0.1) is 17.0 Å². The number of nitro groups is 1. The second-order valence-electron chi connectivity index (χ2n) is 5.86. The summed E-state index contributed by atoms with van der Waals surface area (Å²) >= 11 is 0. The van der Waals surface area contributed by atoms with Crippen molar-refractivity contribution in [1.82, 2.24) is 0 Å². The highest BCUT2D eigenvalue weighted by atomic mass is 16.6. The van der Waals surface area contributed by atoms with Gasteiger partial charge in [0, 0.05) is 12.1 Å². The molecule has 0 N–H and O–H groups in total. The molecule has 6 nitrogen and oxygen atoms in total. The second kappa shape index (κ2) is 8.14. The summed E-state index contributed by atoms with van der Waals surface area (Å²) in [5.74, 6) is 0.265. The van der Waals surface area contributed by atoms with Crippen molar-refractivity contribution in [3.05, 3.63) is 88.5 Å². The van der Waals surface area contributed by atoms with E-state index in [9.17, 15) is 14.9 Å². The maximum absolute atomic E-state index is 12.0. The van der Waals surface area contributed by atoms with E-state index in [1.165, 1.54) is 18.2 Å². The van der Waals surface area contributed by atoms with Crippen molar-refractivity contribution in [2.75, 3.05) is 6.61 Å². The fourth-order valence-corrected chi connectivity index (χ4v) is 2.55. The largest absolute Gasteiger partial charge is 0.482 e. The van der Waals surface area contributed by atoms with Gasteiger partial charge >= 0.3 is 5.97 Å². The number of esters is 1. The van der Waals surface area contributed by atoms with Gasteiger partial charge in [-0.05, 0) is 41.8 Å². The first kappa shape index (κ1) is 18.1. The molecule has 0 spiro atoms. The lowest BCUT2D eigenvalue weighted by molar-refractivity contribution is -0.384. The van der Waals surface area contributed by atoms with Crippen molar-refractivity contribution >= 4 is 11.7 Å². The molecule has 0 saturated carbocycles. The van der Waals surface area contributed by atoms with Crippen molar-refractivity contribution in [1.29, 1.82) is 0 Å². The number of nitrogens with zero attached hydrogens (tertiary/aromatic N) is 1. The summed E-state index contributed by atoms with van der Waals surface area (Å²) in [5, 5.41) is 10.7. The van der Waals surface area contributed by atoms with E-state index >= 15 is 0 Å². The van der Waals surface area contributed by atoms with Crippen LogP contribution in [0.2, 0.25) is 0 Å². The van der Waals surface area contributed by atoms with Crippen LogP contribution >= 0.6 is 0 Å². The maximum atomic E-state index is 12.0. The van der Waals surface area contributed by atoms with Crippen LogP contribution in [0.25, 0.3) is 11.1 Å². The molecule has 136 valence electrons.